The Morgan fingerprint density at radius 3 is 3.24 bits per heavy atom. The fraction of sp³-hybridized carbons (Fsp3) is 0.444. The molecule has 0 radical (unpaired) electrons. The van der Waals surface area contributed by atoms with Crippen LogP contribution in [0.15, 0.2) is 12.7 Å². The number of nitrogens with zero attached hydrogens (tertiary/aromatic N) is 3. The minimum Gasteiger partial charge on any atom is -0.391 e. The van der Waals surface area contributed by atoms with E-state index >= 15 is 0 Å². The minimum absolute atomic E-state index is 0.166. The molecule has 0 spiro atoms. The molecule has 8 heteroatoms. The van der Waals surface area contributed by atoms with E-state index in [9.17, 15) is 0 Å². The molecule has 1 aliphatic heterocycles. The summed E-state index contributed by atoms with van der Waals surface area (Å²) in [6.45, 7) is 0.195. The van der Waals surface area contributed by atoms with Gasteiger partial charge < -0.3 is 19.6 Å². The summed E-state index contributed by atoms with van der Waals surface area (Å²) in [5, 5.41) is 8.93. The van der Waals surface area contributed by atoms with Gasteiger partial charge in [-0.2, -0.15) is 0 Å². The van der Waals surface area contributed by atoms with Crippen LogP contribution in [-0.2, 0) is 9.47 Å². The highest BCUT2D eigenvalue weighted by atomic mass is 32.1. The molecular weight excluding hydrogens is 244 g/mol. The first-order chi connectivity index (χ1) is 8.29. The maximum absolute atomic E-state index is 8.93. The van der Waals surface area contributed by atoms with Crippen LogP contribution in [0.3, 0.4) is 0 Å². The van der Waals surface area contributed by atoms with Gasteiger partial charge in [-0.1, -0.05) is 12.2 Å². The molecule has 1 fully saturated rings. The van der Waals surface area contributed by atoms with Gasteiger partial charge in [0.25, 0.3) is 0 Å². The average molecular weight is 254 g/mol. The van der Waals surface area contributed by atoms with Crippen LogP contribution in [-0.4, -0.2) is 44.1 Å². The predicted molar refractivity (Wildman–Crippen MR) is 59.7 cm³/mol. The van der Waals surface area contributed by atoms with Gasteiger partial charge in [0.15, 0.2) is 17.2 Å². The van der Waals surface area contributed by atoms with E-state index in [0.717, 1.165) is 5.65 Å². The van der Waals surface area contributed by atoms with E-state index in [0.29, 0.717) is 16.8 Å². The van der Waals surface area contributed by atoms with Crippen molar-refractivity contribution in [2.24, 2.45) is 0 Å². The van der Waals surface area contributed by atoms with E-state index < -0.39 is 6.29 Å². The third-order valence-corrected chi connectivity index (χ3v) is 2.87. The molecule has 0 bridgehead atoms. The van der Waals surface area contributed by atoms with E-state index in [-0.39, 0.29) is 12.8 Å². The van der Waals surface area contributed by atoms with Gasteiger partial charge in [-0.3, -0.25) is 4.57 Å². The third-order valence-electron chi connectivity index (χ3n) is 2.57. The maximum atomic E-state index is 8.93. The van der Waals surface area contributed by atoms with Crippen LogP contribution in [0.1, 0.15) is 6.23 Å². The Kier molecular flexibility index (Phi) is 2.63. The largest absolute Gasteiger partial charge is 0.391 e. The van der Waals surface area contributed by atoms with Crippen molar-refractivity contribution in [1.82, 2.24) is 19.5 Å². The number of aliphatic hydroxyl groups excluding tert-OH is 1. The van der Waals surface area contributed by atoms with Gasteiger partial charge in [0.05, 0.1) is 25.9 Å². The van der Waals surface area contributed by atoms with Crippen LogP contribution in [0.2, 0.25) is 0 Å². The van der Waals surface area contributed by atoms with Gasteiger partial charge in [-0.15, -0.1) is 0 Å². The molecule has 1 aliphatic rings. The highest BCUT2D eigenvalue weighted by molar-refractivity contribution is 7.71. The van der Waals surface area contributed by atoms with E-state index in [1.807, 2.05) is 0 Å². The summed E-state index contributed by atoms with van der Waals surface area (Å²) < 4.78 is 12.9. The lowest BCUT2D eigenvalue weighted by molar-refractivity contribution is -0.0980. The maximum Gasteiger partial charge on any atom is 0.183 e. The number of fused-ring (bicyclic) bond motifs is 1. The number of rotatable bonds is 2. The molecule has 2 atom stereocenters. The molecule has 1 saturated heterocycles. The zero-order valence-corrected chi connectivity index (χ0v) is 9.55. The van der Waals surface area contributed by atoms with Crippen LogP contribution >= 0.6 is 12.2 Å². The van der Waals surface area contributed by atoms with Crippen molar-refractivity contribution in [2.75, 3.05) is 13.2 Å². The lowest BCUT2D eigenvalue weighted by Gasteiger charge is -2.11. The summed E-state index contributed by atoms with van der Waals surface area (Å²) in [5.74, 6) is 0. The van der Waals surface area contributed by atoms with Crippen molar-refractivity contribution in [3.8, 4) is 0 Å². The highest BCUT2D eigenvalue weighted by Gasteiger charge is 2.27. The van der Waals surface area contributed by atoms with Crippen molar-refractivity contribution >= 4 is 23.4 Å². The van der Waals surface area contributed by atoms with E-state index in [1.165, 1.54) is 6.33 Å². The van der Waals surface area contributed by atoms with Gasteiger partial charge >= 0.3 is 0 Å². The number of aromatic nitrogens is 4. The fourth-order valence-corrected chi connectivity index (χ4v) is 1.98. The molecule has 3 rings (SSSR count). The first kappa shape index (κ1) is 10.8. The second kappa shape index (κ2) is 4.15. The van der Waals surface area contributed by atoms with Crippen LogP contribution in [0.5, 0.6) is 0 Å². The zero-order valence-electron chi connectivity index (χ0n) is 8.74. The summed E-state index contributed by atoms with van der Waals surface area (Å²) in [7, 11) is 0. The smallest absolute Gasteiger partial charge is 0.183 e. The molecule has 2 aromatic rings. The lowest BCUT2D eigenvalue weighted by atomic mass is 10.5. The second-order valence-corrected chi connectivity index (χ2v) is 3.98. The molecule has 90 valence electrons. The van der Waals surface area contributed by atoms with E-state index in [1.54, 1.807) is 10.9 Å². The summed E-state index contributed by atoms with van der Waals surface area (Å²) in [4.78, 5) is 11.1. The Morgan fingerprint density at radius 1 is 1.59 bits per heavy atom. The molecule has 2 aromatic heterocycles. The highest BCUT2D eigenvalue weighted by Crippen LogP contribution is 2.23. The number of H-pyrrole nitrogens is 1. The standard InChI is InChI=1S/C9H10N4O3S/c14-1-6-15-2-5(16-6)13-4-12-7-8(13)10-3-11-9(7)17/h3-6,14H,1-2H2,(H,10,11,17). The second-order valence-electron chi connectivity index (χ2n) is 3.59. The number of hydrogen-bond acceptors (Lipinski definition) is 6. The average Bonchev–Trinajstić information content (AvgIpc) is 2.94. The summed E-state index contributed by atoms with van der Waals surface area (Å²) >= 11 is 5.07. The van der Waals surface area contributed by atoms with Crippen LogP contribution in [0.25, 0.3) is 11.2 Å². The Hall–Kier alpha value is -1.35. The monoisotopic (exact) mass is 254 g/mol. The van der Waals surface area contributed by atoms with Gasteiger partial charge in [-0.05, 0) is 0 Å². The molecule has 7 nitrogen and oxygen atoms in total. The fourth-order valence-electron chi connectivity index (χ4n) is 1.78. The van der Waals surface area contributed by atoms with Crippen molar-refractivity contribution in [2.45, 2.75) is 12.5 Å². The van der Waals surface area contributed by atoms with Gasteiger partial charge in [0, 0.05) is 0 Å². The number of imidazole rings is 1. The first-order valence-electron chi connectivity index (χ1n) is 5.07. The van der Waals surface area contributed by atoms with Crippen molar-refractivity contribution in [3.63, 3.8) is 0 Å². The number of aliphatic hydroxyl groups is 1. The molecule has 3 heterocycles. The normalized spacial score (nSPS) is 24.5. The summed E-state index contributed by atoms with van der Waals surface area (Å²) in [5.41, 5.74) is 1.36. The van der Waals surface area contributed by atoms with Gasteiger partial charge in [0.1, 0.15) is 11.2 Å². The molecular formula is C9H10N4O3S. The van der Waals surface area contributed by atoms with Crippen molar-refractivity contribution in [3.05, 3.63) is 17.3 Å². The zero-order chi connectivity index (χ0) is 11.8. The predicted octanol–water partition coefficient (Wildman–Crippen LogP) is 0.353. The van der Waals surface area contributed by atoms with Crippen molar-refractivity contribution < 1.29 is 14.6 Å². The van der Waals surface area contributed by atoms with E-state index in [4.69, 9.17) is 26.8 Å². The molecule has 0 saturated carbocycles. The Morgan fingerprint density at radius 2 is 2.47 bits per heavy atom. The quantitative estimate of drug-likeness (QED) is 0.752. The topological polar surface area (TPSA) is 85.2 Å². The Balaban J connectivity index is 2.02. The Bertz CT molecular complexity index is 595. The number of aromatic amines is 1. The number of nitrogens with one attached hydrogen (secondary N) is 1. The summed E-state index contributed by atoms with van der Waals surface area (Å²) in [6.07, 6.45) is 2.24. The molecule has 2 unspecified atom stereocenters. The molecule has 0 aliphatic carbocycles. The summed E-state index contributed by atoms with van der Waals surface area (Å²) in [6, 6.07) is 0. The van der Waals surface area contributed by atoms with Crippen molar-refractivity contribution in [1.29, 1.82) is 0 Å². The van der Waals surface area contributed by atoms with Crippen LogP contribution in [0.4, 0.5) is 0 Å². The molecule has 0 amide bonds. The SMILES string of the molecule is OCC1OCC(n2cnc3c(=S)nc[nH]c32)O1. The third kappa shape index (κ3) is 1.75. The van der Waals surface area contributed by atoms with E-state index in [2.05, 4.69) is 15.0 Å². The minimum atomic E-state index is -0.581. The van der Waals surface area contributed by atoms with Gasteiger partial charge in [0.2, 0.25) is 0 Å². The van der Waals surface area contributed by atoms with Gasteiger partial charge in [-0.25, -0.2) is 9.97 Å². The first-order valence-corrected chi connectivity index (χ1v) is 5.48. The van der Waals surface area contributed by atoms with Crippen LogP contribution in [0, 0.1) is 4.64 Å². The number of hydrogen-bond donors (Lipinski definition) is 2. The molecule has 2 N–H and O–H groups in total. The lowest BCUT2D eigenvalue weighted by Crippen LogP contribution is -2.15. The number of ether oxygens (including phenoxy) is 2. The Labute approximate surface area is 101 Å². The molecule has 17 heavy (non-hydrogen) atoms. The molecule has 0 aromatic carbocycles. The van der Waals surface area contributed by atoms with Crippen LogP contribution < -0.4 is 0 Å².